The monoisotopic (exact) mass is 690 g/mol. The standard InChI is InChI=1S/C46H34N4OS/c47-44(52-45(48)39-23-12-22-38-37-20-9-10-24-42(37)51-43(38)39)32-25-26-33-31(27-32)17-11-21-34(33)35-18-7-8-19-36(35)41-28-40(29-13-3-1-4-14-29)49-46(50-41)30-15-5-2-6-16-30/h1-3,5-13,15-28,45,47H,4,14,48H2. The molecule has 1 unspecified atom stereocenters. The molecule has 8 aromatic rings. The van der Waals surface area contributed by atoms with Crippen LogP contribution in [0.2, 0.25) is 0 Å². The number of fused-ring (bicyclic) bond motifs is 4. The Morgan fingerprint density at radius 2 is 1.44 bits per heavy atom. The number of nitrogens with zero attached hydrogens (tertiary/aromatic N) is 2. The average Bonchev–Trinajstić information content (AvgIpc) is 3.60. The van der Waals surface area contributed by atoms with E-state index < -0.39 is 5.37 Å². The van der Waals surface area contributed by atoms with Crippen molar-refractivity contribution in [3.63, 3.8) is 0 Å². The van der Waals surface area contributed by atoms with Crippen LogP contribution < -0.4 is 5.73 Å². The van der Waals surface area contributed by atoms with E-state index in [1.165, 1.54) is 17.3 Å². The summed E-state index contributed by atoms with van der Waals surface area (Å²) in [5.74, 6) is 0.715. The minimum absolute atomic E-state index is 0.405. The van der Waals surface area contributed by atoms with E-state index in [1.54, 1.807) is 0 Å². The third kappa shape index (κ3) is 5.92. The first kappa shape index (κ1) is 31.9. The smallest absolute Gasteiger partial charge is 0.160 e. The van der Waals surface area contributed by atoms with Gasteiger partial charge in [0, 0.05) is 33.0 Å². The molecular weight excluding hydrogens is 657 g/mol. The summed E-state index contributed by atoms with van der Waals surface area (Å²) in [5, 5.41) is 13.3. The van der Waals surface area contributed by atoms with E-state index in [1.807, 2.05) is 54.6 Å². The van der Waals surface area contributed by atoms with Gasteiger partial charge in [-0.1, -0.05) is 151 Å². The van der Waals surface area contributed by atoms with Gasteiger partial charge in [0.2, 0.25) is 0 Å². The lowest BCUT2D eigenvalue weighted by Gasteiger charge is -2.16. The molecule has 5 nitrogen and oxygen atoms in total. The molecule has 52 heavy (non-hydrogen) atoms. The molecule has 2 heterocycles. The second-order valence-corrected chi connectivity index (χ2v) is 14.1. The zero-order valence-corrected chi connectivity index (χ0v) is 29.1. The number of allylic oxidation sites excluding steroid dienone is 4. The number of aromatic nitrogens is 2. The van der Waals surface area contributed by atoms with Gasteiger partial charge in [-0.15, -0.1) is 0 Å². The Labute approximate surface area is 306 Å². The predicted molar refractivity (Wildman–Crippen MR) is 217 cm³/mol. The van der Waals surface area contributed by atoms with Crippen molar-refractivity contribution in [2.24, 2.45) is 5.73 Å². The van der Waals surface area contributed by atoms with Crippen molar-refractivity contribution in [2.45, 2.75) is 18.2 Å². The molecule has 0 saturated heterocycles. The number of nitrogens with two attached hydrogens (primary N) is 1. The zero-order chi connectivity index (χ0) is 35.0. The average molecular weight is 691 g/mol. The molecule has 0 amide bonds. The van der Waals surface area contributed by atoms with Gasteiger partial charge in [-0.05, 0) is 58.5 Å². The van der Waals surface area contributed by atoms with Crippen LogP contribution in [-0.2, 0) is 0 Å². The highest BCUT2D eigenvalue weighted by Gasteiger charge is 2.20. The van der Waals surface area contributed by atoms with E-state index in [2.05, 4.69) is 103 Å². The Kier molecular flexibility index (Phi) is 8.31. The van der Waals surface area contributed by atoms with Crippen molar-refractivity contribution < 1.29 is 4.42 Å². The molecule has 2 aromatic heterocycles. The van der Waals surface area contributed by atoms with Crippen molar-refractivity contribution in [3.05, 3.63) is 175 Å². The molecule has 0 fully saturated rings. The number of para-hydroxylation sites is 2. The van der Waals surface area contributed by atoms with Gasteiger partial charge in [-0.3, -0.25) is 5.41 Å². The summed E-state index contributed by atoms with van der Waals surface area (Å²) in [6.07, 6.45) is 8.43. The highest BCUT2D eigenvalue weighted by molar-refractivity contribution is 8.14. The SMILES string of the molecule is N=C(SC(N)c1cccc2c1oc1ccccc12)c1ccc2c(-c3ccccc3-c3cc(C4=CC=CCC4)nc(-c4ccccc4)n3)cccc2c1. The third-order valence-corrected chi connectivity index (χ3v) is 10.7. The van der Waals surface area contributed by atoms with E-state index >= 15 is 0 Å². The summed E-state index contributed by atoms with van der Waals surface area (Å²) >= 11 is 1.33. The molecular formula is C46H34N4OS. The van der Waals surface area contributed by atoms with E-state index in [0.29, 0.717) is 10.9 Å². The largest absolute Gasteiger partial charge is 0.456 e. The predicted octanol–water partition coefficient (Wildman–Crippen LogP) is 12.0. The number of furan rings is 1. The maximum atomic E-state index is 9.09. The Hall–Kier alpha value is -6.08. The summed E-state index contributed by atoms with van der Waals surface area (Å²) < 4.78 is 6.24. The number of benzene rings is 6. The summed E-state index contributed by atoms with van der Waals surface area (Å²) in [5.41, 5.74) is 17.3. The number of nitrogens with one attached hydrogen (secondary N) is 1. The molecule has 0 bridgehead atoms. The van der Waals surface area contributed by atoms with Gasteiger partial charge in [0.25, 0.3) is 0 Å². The minimum atomic E-state index is -0.468. The molecule has 1 aliphatic carbocycles. The molecule has 9 rings (SSSR count). The summed E-state index contributed by atoms with van der Waals surface area (Å²) in [4.78, 5) is 10.2. The number of hydrogen-bond donors (Lipinski definition) is 2. The lowest BCUT2D eigenvalue weighted by Crippen LogP contribution is -2.10. The Morgan fingerprint density at radius 1 is 0.692 bits per heavy atom. The van der Waals surface area contributed by atoms with Gasteiger partial charge in [0.05, 0.1) is 21.8 Å². The fourth-order valence-corrected chi connectivity index (χ4v) is 7.96. The van der Waals surface area contributed by atoms with Crippen LogP contribution in [0, 0.1) is 5.41 Å². The van der Waals surface area contributed by atoms with Crippen molar-refractivity contribution in [3.8, 4) is 33.8 Å². The van der Waals surface area contributed by atoms with Crippen LogP contribution in [0.1, 0.15) is 35.0 Å². The first-order valence-corrected chi connectivity index (χ1v) is 18.3. The molecule has 6 aromatic carbocycles. The molecule has 250 valence electrons. The molecule has 3 N–H and O–H groups in total. The fourth-order valence-electron chi connectivity index (χ4n) is 7.13. The van der Waals surface area contributed by atoms with Crippen LogP contribution in [0.3, 0.4) is 0 Å². The maximum Gasteiger partial charge on any atom is 0.160 e. The molecule has 0 saturated carbocycles. The van der Waals surface area contributed by atoms with Crippen molar-refractivity contribution in [1.82, 2.24) is 9.97 Å². The van der Waals surface area contributed by atoms with Gasteiger partial charge in [-0.25, -0.2) is 9.97 Å². The van der Waals surface area contributed by atoms with Gasteiger partial charge in [0.15, 0.2) is 5.82 Å². The first-order chi connectivity index (χ1) is 25.6. The molecule has 0 aliphatic heterocycles. The first-order valence-electron chi connectivity index (χ1n) is 17.5. The van der Waals surface area contributed by atoms with Crippen LogP contribution in [0.15, 0.2) is 162 Å². The van der Waals surface area contributed by atoms with Gasteiger partial charge in [0.1, 0.15) is 11.2 Å². The number of hydrogen-bond acceptors (Lipinski definition) is 6. The van der Waals surface area contributed by atoms with Gasteiger partial charge < -0.3 is 10.2 Å². The van der Waals surface area contributed by atoms with Crippen LogP contribution in [-0.4, -0.2) is 15.0 Å². The van der Waals surface area contributed by atoms with Crippen molar-refractivity contribution in [2.75, 3.05) is 0 Å². The maximum absolute atomic E-state index is 9.09. The second-order valence-electron chi connectivity index (χ2n) is 13.0. The van der Waals surface area contributed by atoms with E-state index in [4.69, 9.17) is 25.5 Å². The summed E-state index contributed by atoms with van der Waals surface area (Å²) in [6.45, 7) is 0. The van der Waals surface area contributed by atoms with E-state index in [0.717, 1.165) is 90.3 Å². The molecule has 0 spiro atoms. The van der Waals surface area contributed by atoms with Crippen LogP contribution in [0.5, 0.6) is 0 Å². The minimum Gasteiger partial charge on any atom is -0.456 e. The van der Waals surface area contributed by atoms with Gasteiger partial charge in [-0.2, -0.15) is 0 Å². The quantitative estimate of drug-likeness (QED) is 0.0987. The Balaban J connectivity index is 1.07. The third-order valence-electron chi connectivity index (χ3n) is 9.72. The van der Waals surface area contributed by atoms with Crippen LogP contribution in [0.25, 0.3) is 72.1 Å². The highest BCUT2D eigenvalue weighted by Crippen LogP contribution is 2.40. The van der Waals surface area contributed by atoms with Crippen molar-refractivity contribution >= 4 is 55.1 Å². The van der Waals surface area contributed by atoms with Crippen molar-refractivity contribution in [1.29, 1.82) is 5.41 Å². The van der Waals surface area contributed by atoms with Crippen LogP contribution in [0.4, 0.5) is 0 Å². The lowest BCUT2D eigenvalue weighted by atomic mass is 9.92. The van der Waals surface area contributed by atoms with E-state index in [-0.39, 0.29) is 0 Å². The molecule has 1 atom stereocenters. The molecule has 6 heteroatoms. The summed E-state index contributed by atoms with van der Waals surface area (Å²) in [7, 11) is 0. The normalized spacial score (nSPS) is 13.4. The van der Waals surface area contributed by atoms with Crippen LogP contribution >= 0.6 is 11.8 Å². The highest BCUT2D eigenvalue weighted by atomic mass is 32.2. The topological polar surface area (TPSA) is 88.8 Å². The summed E-state index contributed by atoms with van der Waals surface area (Å²) in [6, 6.07) is 47.5. The number of thioether (sulfide) groups is 1. The Bertz CT molecular complexity index is 2710. The number of rotatable bonds is 7. The molecule has 1 aliphatic rings. The Morgan fingerprint density at radius 3 is 2.31 bits per heavy atom. The lowest BCUT2D eigenvalue weighted by molar-refractivity contribution is 0.662. The zero-order valence-electron chi connectivity index (χ0n) is 28.3. The molecule has 0 radical (unpaired) electrons. The fraction of sp³-hybridized carbons (Fsp3) is 0.0652. The van der Waals surface area contributed by atoms with E-state index in [9.17, 15) is 0 Å². The second kappa shape index (κ2) is 13.6. The van der Waals surface area contributed by atoms with Gasteiger partial charge >= 0.3 is 0 Å².